The summed E-state index contributed by atoms with van der Waals surface area (Å²) in [7, 11) is 0. The summed E-state index contributed by atoms with van der Waals surface area (Å²) in [5.74, 6) is 1.17. The molecule has 0 aliphatic carbocycles. The fourth-order valence-electron chi connectivity index (χ4n) is 3.11. The predicted octanol–water partition coefficient (Wildman–Crippen LogP) is 4.55. The summed E-state index contributed by atoms with van der Waals surface area (Å²) in [6.45, 7) is 4.10. The van der Waals surface area contributed by atoms with Gasteiger partial charge in [-0.3, -0.25) is 4.79 Å². The minimum absolute atomic E-state index is 0.151. The number of rotatable bonds is 1. The van der Waals surface area contributed by atoms with Gasteiger partial charge in [-0.2, -0.15) is 0 Å². The van der Waals surface area contributed by atoms with Gasteiger partial charge < -0.3 is 9.47 Å². The first kappa shape index (κ1) is 14.9. The Bertz CT molecular complexity index is 863. The standard InChI is InChI=1S/C20H17FO3/c1-20(2)10-9-14-16(24-20)8-7-15-18(22)17(23-19(14)15)11-12-3-5-13(21)6-4-12/h3-8,11H,9-10H2,1-2H3/b17-11-. The van der Waals surface area contributed by atoms with E-state index in [1.807, 2.05) is 6.07 Å². The second-order valence-electron chi connectivity index (χ2n) is 6.77. The van der Waals surface area contributed by atoms with E-state index in [4.69, 9.17) is 9.47 Å². The van der Waals surface area contributed by atoms with Crippen molar-refractivity contribution in [1.29, 1.82) is 0 Å². The second-order valence-corrected chi connectivity index (χ2v) is 6.77. The van der Waals surface area contributed by atoms with Crippen LogP contribution < -0.4 is 9.47 Å². The number of carbonyl (C=O) groups excluding carboxylic acids is 1. The summed E-state index contributed by atoms with van der Waals surface area (Å²) in [5, 5.41) is 0. The molecule has 2 aromatic rings. The van der Waals surface area contributed by atoms with Crippen LogP contribution in [0, 0.1) is 5.82 Å². The highest BCUT2D eigenvalue weighted by Gasteiger charge is 2.35. The Labute approximate surface area is 139 Å². The molecule has 0 saturated heterocycles. The fourth-order valence-corrected chi connectivity index (χ4v) is 3.11. The SMILES string of the molecule is CC1(C)CCc2c(ccc3c2O/C(=C\c2ccc(F)cc2)C3=O)O1. The summed E-state index contributed by atoms with van der Waals surface area (Å²) >= 11 is 0. The molecule has 0 aromatic heterocycles. The van der Waals surface area contributed by atoms with Gasteiger partial charge >= 0.3 is 0 Å². The van der Waals surface area contributed by atoms with Crippen LogP contribution in [0.3, 0.4) is 0 Å². The maximum absolute atomic E-state index is 13.0. The first-order valence-electron chi connectivity index (χ1n) is 7.98. The van der Waals surface area contributed by atoms with Crippen molar-refractivity contribution in [3.05, 3.63) is 64.7 Å². The van der Waals surface area contributed by atoms with Gasteiger partial charge in [-0.25, -0.2) is 4.39 Å². The van der Waals surface area contributed by atoms with Crippen molar-refractivity contribution in [1.82, 2.24) is 0 Å². The lowest BCUT2D eigenvalue weighted by atomic mass is 9.92. The third-order valence-electron chi connectivity index (χ3n) is 4.43. The Morgan fingerprint density at radius 3 is 2.62 bits per heavy atom. The molecule has 0 unspecified atom stereocenters. The van der Waals surface area contributed by atoms with Crippen molar-refractivity contribution < 1.29 is 18.7 Å². The Hall–Kier alpha value is -2.62. The van der Waals surface area contributed by atoms with E-state index in [2.05, 4.69) is 13.8 Å². The van der Waals surface area contributed by atoms with Crippen LogP contribution in [-0.2, 0) is 6.42 Å². The lowest BCUT2D eigenvalue weighted by molar-refractivity contribution is 0.0838. The quantitative estimate of drug-likeness (QED) is 0.722. The van der Waals surface area contributed by atoms with E-state index in [9.17, 15) is 9.18 Å². The molecule has 0 spiro atoms. The number of hydrogen-bond acceptors (Lipinski definition) is 3. The van der Waals surface area contributed by atoms with Gasteiger partial charge in [-0.1, -0.05) is 12.1 Å². The van der Waals surface area contributed by atoms with Crippen LogP contribution in [0.25, 0.3) is 6.08 Å². The highest BCUT2D eigenvalue weighted by molar-refractivity contribution is 6.15. The predicted molar refractivity (Wildman–Crippen MR) is 88.8 cm³/mol. The normalized spacial score (nSPS) is 19.5. The van der Waals surface area contributed by atoms with Gasteiger partial charge in [0.25, 0.3) is 0 Å². The number of ether oxygens (including phenoxy) is 2. The molecule has 2 heterocycles. The molecule has 0 amide bonds. The van der Waals surface area contributed by atoms with Crippen LogP contribution >= 0.6 is 0 Å². The average molecular weight is 324 g/mol. The van der Waals surface area contributed by atoms with Gasteiger partial charge in [0.1, 0.15) is 22.9 Å². The zero-order valence-corrected chi connectivity index (χ0v) is 13.6. The molecule has 3 nitrogen and oxygen atoms in total. The smallest absolute Gasteiger partial charge is 0.231 e. The van der Waals surface area contributed by atoms with Crippen LogP contribution in [0.4, 0.5) is 4.39 Å². The molecular weight excluding hydrogens is 307 g/mol. The number of halogens is 1. The largest absolute Gasteiger partial charge is 0.487 e. The van der Waals surface area contributed by atoms with E-state index in [0.29, 0.717) is 11.3 Å². The van der Waals surface area contributed by atoms with E-state index >= 15 is 0 Å². The minimum Gasteiger partial charge on any atom is -0.487 e. The maximum atomic E-state index is 13.0. The number of benzene rings is 2. The number of hydrogen-bond donors (Lipinski definition) is 0. The fraction of sp³-hybridized carbons (Fsp3) is 0.250. The van der Waals surface area contributed by atoms with Crippen molar-refractivity contribution in [3.8, 4) is 11.5 Å². The second kappa shape index (κ2) is 5.20. The number of carbonyl (C=O) groups is 1. The zero-order valence-electron chi connectivity index (χ0n) is 13.6. The topological polar surface area (TPSA) is 35.5 Å². The van der Waals surface area contributed by atoms with E-state index in [1.165, 1.54) is 12.1 Å². The molecular formula is C20H17FO3. The van der Waals surface area contributed by atoms with Gasteiger partial charge in [-0.05, 0) is 62.6 Å². The van der Waals surface area contributed by atoms with Crippen LogP contribution in [0.1, 0.15) is 41.8 Å². The van der Waals surface area contributed by atoms with Gasteiger partial charge in [-0.15, -0.1) is 0 Å². The first-order chi connectivity index (χ1) is 11.4. The molecule has 4 heteroatoms. The molecule has 0 atom stereocenters. The lowest BCUT2D eigenvalue weighted by Gasteiger charge is -2.33. The van der Waals surface area contributed by atoms with Crippen LogP contribution in [0.5, 0.6) is 11.5 Å². The Morgan fingerprint density at radius 2 is 1.88 bits per heavy atom. The van der Waals surface area contributed by atoms with Gasteiger partial charge in [0.15, 0.2) is 5.76 Å². The van der Waals surface area contributed by atoms with E-state index in [1.54, 1.807) is 24.3 Å². The van der Waals surface area contributed by atoms with Crippen molar-refractivity contribution >= 4 is 11.9 Å². The molecule has 0 bridgehead atoms. The van der Waals surface area contributed by atoms with Crippen LogP contribution in [-0.4, -0.2) is 11.4 Å². The minimum atomic E-state index is -0.312. The van der Waals surface area contributed by atoms with Crippen molar-refractivity contribution in [2.45, 2.75) is 32.3 Å². The summed E-state index contributed by atoms with van der Waals surface area (Å²) in [6.07, 6.45) is 3.31. The molecule has 0 saturated carbocycles. The molecule has 122 valence electrons. The van der Waals surface area contributed by atoms with Crippen molar-refractivity contribution in [2.24, 2.45) is 0 Å². The Kier molecular flexibility index (Phi) is 3.23. The van der Waals surface area contributed by atoms with Gasteiger partial charge in [0, 0.05) is 5.56 Å². The lowest BCUT2D eigenvalue weighted by Crippen LogP contribution is -2.32. The monoisotopic (exact) mass is 324 g/mol. The first-order valence-corrected chi connectivity index (χ1v) is 7.98. The number of ketones is 1. The van der Waals surface area contributed by atoms with Crippen molar-refractivity contribution in [3.63, 3.8) is 0 Å². The van der Waals surface area contributed by atoms with Crippen LogP contribution in [0.2, 0.25) is 0 Å². The molecule has 2 aliphatic heterocycles. The molecule has 4 rings (SSSR count). The number of fused-ring (bicyclic) bond motifs is 3. The Balaban J connectivity index is 1.71. The van der Waals surface area contributed by atoms with E-state index < -0.39 is 0 Å². The van der Waals surface area contributed by atoms with Gasteiger partial charge in [0.05, 0.1) is 5.56 Å². The molecule has 0 fully saturated rings. The summed E-state index contributed by atoms with van der Waals surface area (Å²) in [6, 6.07) is 9.54. The summed E-state index contributed by atoms with van der Waals surface area (Å²) < 4.78 is 24.9. The number of allylic oxidation sites excluding steroid dienone is 1. The highest BCUT2D eigenvalue weighted by Crippen LogP contribution is 2.44. The highest BCUT2D eigenvalue weighted by atomic mass is 19.1. The Morgan fingerprint density at radius 1 is 1.12 bits per heavy atom. The zero-order chi connectivity index (χ0) is 16.9. The molecule has 0 N–H and O–H groups in total. The average Bonchev–Trinajstić information content (AvgIpc) is 2.85. The van der Waals surface area contributed by atoms with E-state index in [-0.39, 0.29) is 23.0 Å². The molecule has 0 radical (unpaired) electrons. The molecule has 24 heavy (non-hydrogen) atoms. The third kappa shape index (κ3) is 2.48. The summed E-state index contributed by atoms with van der Waals surface area (Å²) in [5.41, 5.74) is 2.02. The number of Topliss-reactive ketones (excluding diaryl/α,β-unsaturated/α-hetero) is 1. The van der Waals surface area contributed by atoms with Gasteiger partial charge in [0.2, 0.25) is 5.78 Å². The maximum Gasteiger partial charge on any atom is 0.231 e. The molecule has 2 aliphatic rings. The third-order valence-corrected chi connectivity index (χ3v) is 4.43. The summed E-state index contributed by atoms with van der Waals surface area (Å²) in [4.78, 5) is 12.6. The van der Waals surface area contributed by atoms with Crippen LogP contribution in [0.15, 0.2) is 42.2 Å². The van der Waals surface area contributed by atoms with E-state index in [0.717, 1.165) is 29.7 Å². The molecule has 2 aromatic carbocycles. The van der Waals surface area contributed by atoms with Crippen molar-refractivity contribution in [2.75, 3.05) is 0 Å².